The molecule has 0 spiro atoms. The molecule has 0 N–H and O–H groups in total. The Hall–Kier alpha value is -1.91. The molecule has 0 radical (unpaired) electrons. The van der Waals surface area contributed by atoms with Crippen LogP contribution in [0.3, 0.4) is 0 Å². The summed E-state index contributed by atoms with van der Waals surface area (Å²) < 4.78 is 4.75. The maximum absolute atomic E-state index is 12.3. The van der Waals surface area contributed by atoms with Gasteiger partial charge in [0.2, 0.25) is 0 Å². The van der Waals surface area contributed by atoms with E-state index < -0.39 is 6.04 Å². The first-order valence-corrected chi connectivity index (χ1v) is 6.04. The Morgan fingerprint density at radius 3 is 2.89 bits per heavy atom. The highest BCUT2D eigenvalue weighted by molar-refractivity contribution is 5.95. The smallest absolute Gasteiger partial charge is 0.328 e. The average molecular weight is 248 g/mol. The normalized spacial score (nSPS) is 19.4. The number of hydrogen-bond donors (Lipinski definition) is 0. The predicted molar refractivity (Wildman–Crippen MR) is 64.9 cm³/mol. The fourth-order valence-corrected chi connectivity index (χ4v) is 2.19. The summed E-state index contributed by atoms with van der Waals surface area (Å²) in [5, 5.41) is 0. The number of likely N-dealkylation sites (tertiary alicyclic amines) is 1. The maximum Gasteiger partial charge on any atom is 0.328 e. The van der Waals surface area contributed by atoms with Crippen LogP contribution in [0.5, 0.6) is 0 Å². The van der Waals surface area contributed by atoms with Gasteiger partial charge >= 0.3 is 5.97 Å². The number of carbonyl (C=O) groups is 2. The Labute approximate surface area is 106 Å². The summed E-state index contributed by atoms with van der Waals surface area (Å²) in [6, 6.07) is 4.70. The molecule has 1 aliphatic heterocycles. The molecule has 5 nitrogen and oxygen atoms in total. The summed E-state index contributed by atoms with van der Waals surface area (Å²) in [5.74, 6) is -0.551. The number of rotatable bonds is 2. The van der Waals surface area contributed by atoms with Gasteiger partial charge in [-0.1, -0.05) is 6.07 Å². The molecular weight excluding hydrogens is 232 g/mol. The topological polar surface area (TPSA) is 59.5 Å². The van der Waals surface area contributed by atoms with Crippen LogP contribution >= 0.6 is 0 Å². The minimum atomic E-state index is -0.474. The molecule has 18 heavy (non-hydrogen) atoms. The zero-order chi connectivity index (χ0) is 13.0. The van der Waals surface area contributed by atoms with E-state index in [1.54, 1.807) is 29.3 Å². The molecule has 1 aliphatic rings. The van der Waals surface area contributed by atoms with Gasteiger partial charge in [-0.25, -0.2) is 4.79 Å². The molecule has 0 aromatic carbocycles. The van der Waals surface area contributed by atoms with Crippen molar-refractivity contribution < 1.29 is 14.3 Å². The molecule has 2 rings (SSSR count). The van der Waals surface area contributed by atoms with Crippen molar-refractivity contribution in [3.8, 4) is 0 Å². The summed E-state index contributed by atoms with van der Waals surface area (Å²) in [4.78, 5) is 29.6. The monoisotopic (exact) mass is 248 g/mol. The van der Waals surface area contributed by atoms with Gasteiger partial charge in [-0.15, -0.1) is 0 Å². The van der Waals surface area contributed by atoms with E-state index in [1.165, 1.54) is 7.11 Å². The summed E-state index contributed by atoms with van der Waals surface area (Å²) in [6.07, 6.45) is 4.08. The van der Waals surface area contributed by atoms with Crippen molar-refractivity contribution in [1.29, 1.82) is 0 Å². The van der Waals surface area contributed by atoms with Crippen molar-refractivity contribution in [2.24, 2.45) is 0 Å². The number of aromatic nitrogens is 1. The lowest BCUT2D eigenvalue weighted by Crippen LogP contribution is -2.48. The van der Waals surface area contributed by atoms with Gasteiger partial charge in [-0.3, -0.25) is 9.78 Å². The molecule has 1 aromatic rings. The third-order valence-corrected chi connectivity index (χ3v) is 3.12. The highest BCUT2D eigenvalue weighted by Crippen LogP contribution is 2.20. The second-order valence-electron chi connectivity index (χ2n) is 4.25. The van der Waals surface area contributed by atoms with Crippen LogP contribution in [0.4, 0.5) is 0 Å². The average Bonchev–Trinajstić information content (AvgIpc) is 2.46. The lowest BCUT2D eigenvalue weighted by molar-refractivity contribution is -0.147. The lowest BCUT2D eigenvalue weighted by atomic mass is 10.0. The van der Waals surface area contributed by atoms with E-state index in [4.69, 9.17) is 4.74 Å². The summed E-state index contributed by atoms with van der Waals surface area (Å²) in [6.45, 7) is 0.579. The van der Waals surface area contributed by atoms with Crippen molar-refractivity contribution in [1.82, 2.24) is 9.88 Å². The number of ether oxygens (including phenoxy) is 1. The van der Waals surface area contributed by atoms with Gasteiger partial charge in [0.25, 0.3) is 5.91 Å². The standard InChI is InChI=1S/C13H16N2O3/c1-18-13(17)11-7-3-5-9-15(11)12(16)10-6-2-4-8-14-10/h2,4,6,8,11H,3,5,7,9H2,1H3/t11-/m0/s1. The van der Waals surface area contributed by atoms with E-state index in [1.807, 2.05) is 0 Å². The number of esters is 1. The van der Waals surface area contributed by atoms with Crippen LogP contribution in [0.2, 0.25) is 0 Å². The van der Waals surface area contributed by atoms with E-state index in [0.717, 1.165) is 12.8 Å². The molecule has 96 valence electrons. The van der Waals surface area contributed by atoms with Gasteiger partial charge < -0.3 is 9.64 Å². The number of nitrogens with zero attached hydrogens (tertiary/aromatic N) is 2. The molecule has 1 aromatic heterocycles. The van der Waals surface area contributed by atoms with Crippen molar-refractivity contribution in [3.63, 3.8) is 0 Å². The largest absolute Gasteiger partial charge is 0.467 e. The first kappa shape index (κ1) is 12.5. The van der Waals surface area contributed by atoms with E-state index in [9.17, 15) is 9.59 Å². The fourth-order valence-electron chi connectivity index (χ4n) is 2.19. The van der Waals surface area contributed by atoms with Crippen LogP contribution in [0, 0.1) is 0 Å². The first-order valence-electron chi connectivity index (χ1n) is 6.04. The van der Waals surface area contributed by atoms with Crippen LogP contribution < -0.4 is 0 Å². The van der Waals surface area contributed by atoms with Gasteiger partial charge in [0.15, 0.2) is 0 Å². The zero-order valence-corrected chi connectivity index (χ0v) is 10.3. The van der Waals surface area contributed by atoms with E-state index in [0.29, 0.717) is 18.7 Å². The van der Waals surface area contributed by atoms with E-state index in [2.05, 4.69) is 4.98 Å². The number of carbonyl (C=O) groups excluding carboxylic acids is 2. The van der Waals surface area contributed by atoms with Crippen molar-refractivity contribution in [3.05, 3.63) is 30.1 Å². The fraction of sp³-hybridized carbons (Fsp3) is 0.462. The van der Waals surface area contributed by atoms with Crippen molar-refractivity contribution in [2.45, 2.75) is 25.3 Å². The van der Waals surface area contributed by atoms with Gasteiger partial charge in [-0.2, -0.15) is 0 Å². The van der Waals surface area contributed by atoms with Gasteiger partial charge in [0.1, 0.15) is 11.7 Å². The van der Waals surface area contributed by atoms with Crippen LogP contribution in [-0.2, 0) is 9.53 Å². The second kappa shape index (κ2) is 5.62. The Morgan fingerprint density at radius 1 is 1.39 bits per heavy atom. The Kier molecular flexibility index (Phi) is 3.92. The molecule has 1 amide bonds. The number of amides is 1. The zero-order valence-electron chi connectivity index (χ0n) is 10.3. The number of piperidine rings is 1. The minimum absolute atomic E-state index is 0.203. The molecule has 5 heteroatoms. The predicted octanol–water partition coefficient (Wildman–Crippen LogP) is 1.25. The Balaban J connectivity index is 2.19. The van der Waals surface area contributed by atoms with E-state index >= 15 is 0 Å². The van der Waals surface area contributed by atoms with Crippen molar-refractivity contribution >= 4 is 11.9 Å². The molecule has 1 atom stereocenters. The minimum Gasteiger partial charge on any atom is -0.467 e. The summed E-state index contributed by atoms with van der Waals surface area (Å²) in [5.41, 5.74) is 0.369. The summed E-state index contributed by atoms with van der Waals surface area (Å²) in [7, 11) is 1.35. The number of hydrogen-bond acceptors (Lipinski definition) is 4. The second-order valence-corrected chi connectivity index (χ2v) is 4.25. The SMILES string of the molecule is COC(=O)[C@@H]1CCCCN1C(=O)c1ccccn1. The molecule has 0 bridgehead atoms. The quantitative estimate of drug-likeness (QED) is 0.739. The lowest BCUT2D eigenvalue weighted by Gasteiger charge is -2.33. The highest BCUT2D eigenvalue weighted by atomic mass is 16.5. The van der Waals surface area contributed by atoms with Crippen molar-refractivity contribution in [2.75, 3.05) is 13.7 Å². The molecule has 0 aliphatic carbocycles. The third-order valence-electron chi connectivity index (χ3n) is 3.12. The van der Waals surface area contributed by atoms with Gasteiger partial charge in [0.05, 0.1) is 7.11 Å². The molecule has 0 unspecified atom stereocenters. The van der Waals surface area contributed by atoms with E-state index in [-0.39, 0.29) is 11.9 Å². The summed E-state index contributed by atoms with van der Waals surface area (Å²) >= 11 is 0. The molecule has 0 saturated carbocycles. The third kappa shape index (κ3) is 2.50. The molecule has 1 saturated heterocycles. The number of methoxy groups -OCH3 is 1. The van der Waals surface area contributed by atoms with Gasteiger partial charge in [-0.05, 0) is 31.4 Å². The van der Waals surface area contributed by atoms with Crippen LogP contribution in [0.25, 0.3) is 0 Å². The molecular formula is C13H16N2O3. The maximum atomic E-state index is 12.3. The first-order chi connectivity index (χ1) is 8.74. The highest BCUT2D eigenvalue weighted by Gasteiger charge is 2.33. The van der Waals surface area contributed by atoms with Crippen LogP contribution in [-0.4, -0.2) is 41.5 Å². The van der Waals surface area contributed by atoms with Crippen LogP contribution in [0.15, 0.2) is 24.4 Å². The van der Waals surface area contributed by atoms with Gasteiger partial charge in [0, 0.05) is 12.7 Å². The molecule has 2 heterocycles. The number of pyridine rings is 1. The van der Waals surface area contributed by atoms with Crippen LogP contribution in [0.1, 0.15) is 29.8 Å². The molecule has 1 fully saturated rings. The Morgan fingerprint density at radius 2 is 2.22 bits per heavy atom. The Bertz CT molecular complexity index is 433.